The molecule has 25 heavy (non-hydrogen) atoms. The second kappa shape index (κ2) is 21.4. The topological polar surface area (TPSA) is 55.4 Å². The maximum Gasteiger partial charge on any atom is 0.125 e. The molecule has 0 aromatic heterocycles. The minimum atomic E-state index is -0.243. The molecule has 0 aromatic rings. The standard InChI is InChI=1S/C19H38O6/c1-4-6-7-8-9-10-11-12-13-14-15-22-23-17-16-20-18-19(3)24-25-21-5-2/h5,19H,2,4,6-18H2,1,3H3. The first-order valence-corrected chi connectivity index (χ1v) is 9.73. The first kappa shape index (κ1) is 24.3. The molecule has 150 valence electrons. The number of rotatable bonds is 21. The highest BCUT2D eigenvalue weighted by Gasteiger charge is 2.03. The molecule has 0 rings (SSSR count). The normalized spacial score (nSPS) is 12.2. The highest BCUT2D eigenvalue weighted by Crippen LogP contribution is 2.10. The second-order valence-electron chi connectivity index (χ2n) is 6.14. The minimum Gasteiger partial charge on any atom is -0.376 e. The summed E-state index contributed by atoms with van der Waals surface area (Å²) < 4.78 is 5.34. The molecule has 0 saturated heterocycles. The number of unbranched alkanes of at least 4 members (excludes halogenated alkanes) is 9. The molecular weight excluding hydrogens is 324 g/mol. The molecule has 0 aliphatic heterocycles. The maximum absolute atomic E-state index is 5.34. The fourth-order valence-corrected chi connectivity index (χ4v) is 2.25. The Kier molecular flexibility index (Phi) is 20.8. The summed E-state index contributed by atoms with van der Waals surface area (Å²) in [7, 11) is 0. The monoisotopic (exact) mass is 362 g/mol. The smallest absolute Gasteiger partial charge is 0.125 e. The van der Waals surface area contributed by atoms with Crippen LogP contribution in [-0.2, 0) is 29.3 Å². The fraction of sp³-hybridized carbons (Fsp3) is 0.895. The van der Waals surface area contributed by atoms with Crippen molar-refractivity contribution in [1.82, 2.24) is 0 Å². The van der Waals surface area contributed by atoms with E-state index in [1.165, 1.54) is 57.8 Å². The quantitative estimate of drug-likeness (QED) is 0.120. The highest BCUT2D eigenvalue weighted by molar-refractivity contribution is 4.47. The number of hydrogen-bond acceptors (Lipinski definition) is 6. The molecule has 6 nitrogen and oxygen atoms in total. The Bertz CT molecular complexity index is 262. The van der Waals surface area contributed by atoms with Crippen molar-refractivity contribution in [3.63, 3.8) is 0 Å². The molecule has 0 saturated carbocycles. The van der Waals surface area contributed by atoms with Crippen molar-refractivity contribution in [2.45, 2.75) is 84.2 Å². The lowest BCUT2D eigenvalue weighted by molar-refractivity contribution is -0.505. The van der Waals surface area contributed by atoms with Gasteiger partial charge in [-0.05, 0) is 18.4 Å². The Morgan fingerprint density at radius 2 is 1.40 bits per heavy atom. The van der Waals surface area contributed by atoms with Crippen LogP contribution in [0.2, 0.25) is 0 Å². The van der Waals surface area contributed by atoms with Gasteiger partial charge < -0.3 is 9.62 Å². The Morgan fingerprint density at radius 1 is 0.800 bits per heavy atom. The SMILES string of the molecule is C=COOOC(C)COCCOOCCCCCCCCCCCC. The van der Waals surface area contributed by atoms with Crippen LogP contribution in [0.15, 0.2) is 12.8 Å². The zero-order chi connectivity index (χ0) is 18.4. The molecule has 0 aliphatic carbocycles. The van der Waals surface area contributed by atoms with Gasteiger partial charge in [-0.2, -0.15) is 4.89 Å². The van der Waals surface area contributed by atoms with Gasteiger partial charge in [-0.25, -0.2) is 9.78 Å². The van der Waals surface area contributed by atoms with E-state index in [9.17, 15) is 0 Å². The summed E-state index contributed by atoms with van der Waals surface area (Å²) in [6, 6.07) is 0. The number of ether oxygens (including phenoxy) is 1. The van der Waals surface area contributed by atoms with Crippen molar-refractivity contribution in [3.05, 3.63) is 12.8 Å². The lowest BCUT2D eigenvalue weighted by Crippen LogP contribution is -2.18. The second-order valence-corrected chi connectivity index (χ2v) is 6.14. The van der Waals surface area contributed by atoms with Gasteiger partial charge in [0.25, 0.3) is 0 Å². The van der Waals surface area contributed by atoms with Crippen molar-refractivity contribution in [3.8, 4) is 0 Å². The lowest BCUT2D eigenvalue weighted by Gasteiger charge is -2.10. The van der Waals surface area contributed by atoms with E-state index in [1.807, 2.05) is 0 Å². The predicted octanol–water partition coefficient (Wildman–Crippen LogP) is 5.28. The Labute approximate surface area is 153 Å². The molecule has 0 amide bonds. The van der Waals surface area contributed by atoms with E-state index in [1.54, 1.807) is 6.92 Å². The van der Waals surface area contributed by atoms with Gasteiger partial charge in [0.1, 0.15) is 19.0 Å². The van der Waals surface area contributed by atoms with Gasteiger partial charge in [0.15, 0.2) is 0 Å². The Morgan fingerprint density at radius 3 is 2.04 bits per heavy atom. The number of hydrogen-bond donors (Lipinski definition) is 0. The van der Waals surface area contributed by atoms with Crippen molar-refractivity contribution in [2.24, 2.45) is 0 Å². The Hall–Kier alpha value is -0.660. The van der Waals surface area contributed by atoms with E-state index in [2.05, 4.69) is 23.4 Å². The van der Waals surface area contributed by atoms with E-state index < -0.39 is 0 Å². The maximum atomic E-state index is 5.34. The average molecular weight is 363 g/mol. The molecule has 0 spiro atoms. The summed E-state index contributed by atoms with van der Waals surface area (Å²) in [6.45, 7) is 9.23. The molecule has 1 unspecified atom stereocenters. The van der Waals surface area contributed by atoms with Crippen LogP contribution in [-0.4, -0.2) is 32.5 Å². The van der Waals surface area contributed by atoms with E-state index in [0.717, 1.165) is 12.7 Å². The molecule has 0 N–H and O–H groups in total. The van der Waals surface area contributed by atoms with E-state index in [4.69, 9.17) is 19.4 Å². The van der Waals surface area contributed by atoms with Gasteiger partial charge in [-0.1, -0.05) is 71.3 Å². The van der Waals surface area contributed by atoms with E-state index in [0.29, 0.717) is 26.4 Å². The zero-order valence-corrected chi connectivity index (χ0v) is 16.2. The van der Waals surface area contributed by atoms with Gasteiger partial charge in [-0.3, -0.25) is 0 Å². The van der Waals surface area contributed by atoms with E-state index >= 15 is 0 Å². The third kappa shape index (κ3) is 21.3. The largest absolute Gasteiger partial charge is 0.376 e. The molecule has 0 aliphatic rings. The van der Waals surface area contributed by atoms with Gasteiger partial charge in [0.2, 0.25) is 0 Å². The molecule has 0 bridgehead atoms. The summed E-state index contributed by atoms with van der Waals surface area (Å²) in [5.41, 5.74) is 0. The lowest BCUT2D eigenvalue weighted by atomic mass is 10.1. The molecule has 0 heterocycles. The molecule has 0 aromatic carbocycles. The fourth-order valence-electron chi connectivity index (χ4n) is 2.25. The van der Waals surface area contributed by atoms with Gasteiger partial charge in [0, 0.05) is 0 Å². The highest BCUT2D eigenvalue weighted by atomic mass is 17.5. The van der Waals surface area contributed by atoms with Crippen LogP contribution >= 0.6 is 0 Å². The van der Waals surface area contributed by atoms with E-state index in [-0.39, 0.29) is 6.10 Å². The van der Waals surface area contributed by atoms with Crippen molar-refractivity contribution >= 4 is 0 Å². The van der Waals surface area contributed by atoms with Crippen LogP contribution in [0.25, 0.3) is 0 Å². The Balaban J connectivity index is 3.06. The zero-order valence-electron chi connectivity index (χ0n) is 16.2. The molecule has 6 heteroatoms. The van der Waals surface area contributed by atoms with Crippen LogP contribution in [0.5, 0.6) is 0 Å². The minimum absolute atomic E-state index is 0.243. The molecule has 0 fully saturated rings. The van der Waals surface area contributed by atoms with Crippen molar-refractivity contribution in [2.75, 3.05) is 26.4 Å². The summed E-state index contributed by atoms with van der Waals surface area (Å²) in [5.74, 6) is 0. The first-order chi connectivity index (χ1) is 12.3. The third-order valence-electron chi connectivity index (χ3n) is 3.64. The predicted molar refractivity (Wildman–Crippen MR) is 97.5 cm³/mol. The van der Waals surface area contributed by atoms with Crippen molar-refractivity contribution < 1.29 is 29.3 Å². The summed E-state index contributed by atoms with van der Waals surface area (Å²) in [5, 5.41) is 4.37. The van der Waals surface area contributed by atoms with Crippen LogP contribution in [0, 0.1) is 0 Å². The first-order valence-electron chi connectivity index (χ1n) is 9.73. The van der Waals surface area contributed by atoms with Crippen LogP contribution in [0.4, 0.5) is 0 Å². The van der Waals surface area contributed by atoms with Gasteiger partial charge in [0.05, 0.1) is 19.8 Å². The van der Waals surface area contributed by atoms with Gasteiger partial charge >= 0.3 is 0 Å². The van der Waals surface area contributed by atoms with Crippen LogP contribution in [0.3, 0.4) is 0 Å². The molecule has 1 atom stereocenters. The summed E-state index contributed by atoms with van der Waals surface area (Å²) in [6.07, 6.45) is 14.0. The van der Waals surface area contributed by atoms with Crippen LogP contribution < -0.4 is 0 Å². The van der Waals surface area contributed by atoms with Crippen molar-refractivity contribution in [1.29, 1.82) is 0 Å². The molecular formula is C19H38O6. The average Bonchev–Trinajstić information content (AvgIpc) is 2.61. The van der Waals surface area contributed by atoms with Crippen LogP contribution in [0.1, 0.15) is 78.1 Å². The third-order valence-corrected chi connectivity index (χ3v) is 3.64. The summed E-state index contributed by atoms with van der Waals surface area (Å²) >= 11 is 0. The summed E-state index contributed by atoms with van der Waals surface area (Å²) in [4.78, 5) is 19.4. The van der Waals surface area contributed by atoms with Gasteiger partial charge in [-0.15, -0.1) is 0 Å². The molecule has 0 radical (unpaired) electrons.